The predicted molar refractivity (Wildman–Crippen MR) is 106 cm³/mol. The fourth-order valence-electron chi connectivity index (χ4n) is 2.45. The SMILES string of the molecule is CNCCN(C)C(=O)c1ccc(OC)c(S(=O)(=O)Nc2ccc(C)cc2)c1. The Morgan fingerprint density at radius 3 is 2.41 bits per heavy atom. The lowest BCUT2D eigenvalue weighted by molar-refractivity contribution is 0.0796. The molecule has 0 atom stereocenters. The molecule has 0 radical (unpaired) electrons. The van der Waals surface area contributed by atoms with E-state index in [2.05, 4.69) is 10.0 Å². The molecule has 0 aliphatic carbocycles. The average Bonchev–Trinajstić information content (AvgIpc) is 2.66. The third-order valence-corrected chi connectivity index (χ3v) is 5.45. The van der Waals surface area contributed by atoms with Gasteiger partial charge in [-0.1, -0.05) is 17.7 Å². The summed E-state index contributed by atoms with van der Waals surface area (Å²) in [6, 6.07) is 11.4. The monoisotopic (exact) mass is 391 g/mol. The summed E-state index contributed by atoms with van der Waals surface area (Å²) in [5.74, 6) is -0.0938. The van der Waals surface area contributed by atoms with Gasteiger partial charge >= 0.3 is 0 Å². The molecule has 2 aromatic carbocycles. The Labute approximate surface area is 160 Å². The number of anilines is 1. The van der Waals surface area contributed by atoms with Crippen LogP contribution < -0.4 is 14.8 Å². The van der Waals surface area contributed by atoms with Crippen LogP contribution in [-0.2, 0) is 10.0 Å². The first-order valence-corrected chi connectivity index (χ1v) is 9.94. The number of hydrogen-bond donors (Lipinski definition) is 2. The molecule has 0 saturated heterocycles. The number of carbonyl (C=O) groups is 1. The first-order valence-electron chi connectivity index (χ1n) is 8.46. The minimum Gasteiger partial charge on any atom is -0.495 e. The highest BCUT2D eigenvalue weighted by Gasteiger charge is 2.23. The lowest BCUT2D eigenvalue weighted by Gasteiger charge is -2.18. The standard InChI is InChI=1S/C19H25N3O4S/c1-14-5-8-16(9-6-14)21-27(24,25)18-13-15(7-10-17(18)26-4)19(23)22(3)12-11-20-2/h5-10,13,20-21H,11-12H2,1-4H3. The molecule has 0 aromatic heterocycles. The van der Waals surface area contributed by atoms with Gasteiger partial charge in [0.05, 0.1) is 7.11 Å². The first kappa shape index (κ1) is 20.7. The molecule has 0 saturated carbocycles. The van der Waals surface area contributed by atoms with Gasteiger partial charge in [0.1, 0.15) is 10.6 Å². The molecule has 27 heavy (non-hydrogen) atoms. The second kappa shape index (κ2) is 8.88. The number of carbonyl (C=O) groups excluding carboxylic acids is 1. The van der Waals surface area contributed by atoms with Gasteiger partial charge in [-0.25, -0.2) is 8.42 Å². The highest BCUT2D eigenvalue weighted by atomic mass is 32.2. The second-order valence-corrected chi connectivity index (χ2v) is 7.82. The number of aryl methyl sites for hydroxylation is 1. The number of likely N-dealkylation sites (N-methyl/N-ethyl adjacent to an activating group) is 2. The third kappa shape index (κ3) is 5.21. The molecule has 146 valence electrons. The quantitative estimate of drug-likeness (QED) is 0.720. The summed E-state index contributed by atoms with van der Waals surface area (Å²) in [7, 11) is 0.932. The molecule has 1 amide bonds. The van der Waals surface area contributed by atoms with Crippen molar-refractivity contribution in [2.24, 2.45) is 0 Å². The molecular formula is C19H25N3O4S. The number of ether oxygens (including phenoxy) is 1. The molecule has 2 N–H and O–H groups in total. The molecule has 0 bridgehead atoms. The second-order valence-electron chi connectivity index (χ2n) is 6.17. The van der Waals surface area contributed by atoms with Gasteiger partial charge in [-0.05, 0) is 44.3 Å². The molecule has 0 fully saturated rings. The van der Waals surface area contributed by atoms with Crippen molar-refractivity contribution in [1.29, 1.82) is 0 Å². The summed E-state index contributed by atoms with van der Waals surface area (Å²) in [6.45, 7) is 3.06. The van der Waals surface area contributed by atoms with Crippen molar-refractivity contribution in [3.63, 3.8) is 0 Å². The number of amides is 1. The number of methoxy groups -OCH3 is 1. The lowest BCUT2D eigenvalue weighted by atomic mass is 10.2. The van der Waals surface area contributed by atoms with Gasteiger partial charge in [-0.2, -0.15) is 0 Å². The van der Waals surface area contributed by atoms with Crippen molar-refractivity contribution in [3.8, 4) is 5.75 Å². The van der Waals surface area contributed by atoms with E-state index in [0.717, 1.165) is 5.56 Å². The Morgan fingerprint density at radius 2 is 1.81 bits per heavy atom. The summed E-state index contributed by atoms with van der Waals surface area (Å²) in [6.07, 6.45) is 0. The molecular weight excluding hydrogens is 366 g/mol. The Balaban J connectivity index is 2.36. The van der Waals surface area contributed by atoms with Gasteiger partial charge in [0.2, 0.25) is 0 Å². The molecule has 0 heterocycles. The van der Waals surface area contributed by atoms with Crippen LogP contribution in [0.4, 0.5) is 5.69 Å². The van der Waals surface area contributed by atoms with Gasteiger partial charge in [0.25, 0.3) is 15.9 Å². The predicted octanol–water partition coefficient (Wildman–Crippen LogP) is 2.10. The number of benzene rings is 2. The summed E-state index contributed by atoms with van der Waals surface area (Å²) in [4.78, 5) is 14.0. The van der Waals surface area contributed by atoms with E-state index < -0.39 is 10.0 Å². The van der Waals surface area contributed by atoms with E-state index in [1.807, 2.05) is 19.1 Å². The molecule has 0 aliphatic heterocycles. The molecule has 7 nitrogen and oxygen atoms in total. The molecule has 0 unspecified atom stereocenters. The summed E-state index contributed by atoms with van der Waals surface area (Å²) in [5, 5.41) is 2.97. The van der Waals surface area contributed by atoms with Gasteiger partial charge in [0.15, 0.2) is 0 Å². The topological polar surface area (TPSA) is 87.7 Å². The van der Waals surface area contributed by atoms with E-state index in [-0.39, 0.29) is 22.1 Å². The van der Waals surface area contributed by atoms with Crippen molar-refractivity contribution in [2.45, 2.75) is 11.8 Å². The number of rotatable bonds is 8. The number of nitrogens with one attached hydrogen (secondary N) is 2. The van der Waals surface area contributed by atoms with E-state index in [9.17, 15) is 13.2 Å². The van der Waals surface area contributed by atoms with Gasteiger partial charge < -0.3 is 15.0 Å². The van der Waals surface area contributed by atoms with E-state index >= 15 is 0 Å². The van der Waals surface area contributed by atoms with Crippen molar-refractivity contribution in [3.05, 3.63) is 53.6 Å². The Morgan fingerprint density at radius 1 is 1.15 bits per heavy atom. The van der Waals surface area contributed by atoms with Crippen LogP contribution in [0.15, 0.2) is 47.4 Å². The fourth-order valence-corrected chi connectivity index (χ4v) is 3.71. The Bertz CT molecular complexity index is 896. The zero-order valence-electron chi connectivity index (χ0n) is 15.9. The molecule has 2 aromatic rings. The van der Waals surface area contributed by atoms with E-state index in [1.54, 1.807) is 32.3 Å². The highest BCUT2D eigenvalue weighted by molar-refractivity contribution is 7.92. The normalized spacial score (nSPS) is 11.1. The fraction of sp³-hybridized carbons (Fsp3) is 0.316. The van der Waals surface area contributed by atoms with Crippen LogP contribution in [0.5, 0.6) is 5.75 Å². The molecule has 0 aliphatic rings. The van der Waals surface area contributed by atoms with Crippen molar-refractivity contribution < 1.29 is 17.9 Å². The van der Waals surface area contributed by atoms with Crippen LogP contribution in [0.3, 0.4) is 0 Å². The molecule has 8 heteroatoms. The van der Waals surface area contributed by atoms with Crippen LogP contribution in [-0.4, -0.2) is 53.5 Å². The van der Waals surface area contributed by atoms with Gasteiger partial charge in [0, 0.05) is 31.4 Å². The maximum absolute atomic E-state index is 12.9. The Hall–Kier alpha value is -2.58. The van der Waals surface area contributed by atoms with Crippen molar-refractivity contribution in [2.75, 3.05) is 39.0 Å². The first-order chi connectivity index (χ1) is 12.8. The van der Waals surface area contributed by atoms with E-state index in [1.165, 1.54) is 24.1 Å². The van der Waals surface area contributed by atoms with Crippen LogP contribution in [0.1, 0.15) is 15.9 Å². The molecule has 0 spiro atoms. The van der Waals surface area contributed by atoms with E-state index in [0.29, 0.717) is 18.8 Å². The van der Waals surface area contributed by atoms with Crippen LogP contribution >= 0.6 is 0 Å². The zero-order valence-corrected chi connectivity index (χ0v) is 16.8. The lowest BCUT2D eigenvalue weighted by Crippen LogP contribution is -2.32. The number of hydrogen-bond acceptors (Lipinski definition) is 5. The van der Waals surface area contributed by atoms with Crippen LogP contribution in [0.2, 0.25) is 0 Å². The minimum absolute atomic E-state index is 0.0848. The smallest absolute Gasteiger partial charge is 0.265 e. The minimum atomic E-state index is -3.93. The van der Waals surface area contributed by atoms with E-state index in [4.69, 9.17) is 4.74 Å². The van der Waals surface area contributed by atoms with Crippen molar-refractivity contribution >= 4 is 21.6 Å². The zero-order chi connectivity index (χ0) is 20.0. The maximum Gasteiger partial charge on any atom is 0.265 e. The third-order valence-electron chi connectivity index (χ3n) is 4.05. The number of sulfonamides is 1. The van der Waals surface area contributed by atoms with Crippen LogP contribution in [0.25, 0.3) is 0 Å². The Kier molecular flexibility index (Phi) is 6.81. The molecule has 2 rings (SSSR count). The van der Waals surface area contributed by atoms with Gasteiger partial charge in [-0.15, -0.1) is 0 Å². The van der Waals surface area contributed by atoms with Crippen LogP contribution in [0, 0.1) is 6.92 Å². The summed E-state index contributed by atoms with van der Waals surface area (Å²) in [5.41, 5.74) is 1.73. The number of nitrogens with zero attached hydrogens (tertiary/aromatic N) is 1. The van der Waals surface area contributed by atoms with Gasteiger partial charge in [-0.3, -0.25) is 9.52 Å². The highest BCUT2D eigenvalue weighted by Crippen LogP contribution is 2.27. The van der Waals surface area contributed by atoms with Crippen molar-refractivity contribution in [1.82, 2.24) is 10.2 Å². The summed E-state index contributed by atoms with van der Waals surface area (Å²) >= 11 is 0. The largest absolute Gasteiger partial charge is 0.495 e. The average molecular weight is 391 g/mol. The summed E-state index contributed by atoms with van der Waals surface area (Å²) < 4.78 is 33.4. The maximum atomic E-state index is 12.9.